The molecule has 144 valence electrons. The van der Waals surface area contributed by atoms with Crippen LogP contribution in [0, 0.1) is 5.92 Å². The molecule has 0 radical (unpaired) electrons. The number of amides is 2. The van der Waals surface area contributed by atoms with Crippen LogP contribution in [0.5, 0.6) is 0 Å². The summed E-state index contributed by atoms with van der Waals surface area (Å²) in [5.74, 6) is -0.0557. The molecule has 3 rings (SSSR count). The Balaban J connectivity index is 1.68. The van der Waals surface area contributed by atoms with Gasteiger partial charge in [0.25, 0.3) is 0 Å². The standard InChI is InChI=1S/C21H27N3O3/c1-3-4-5-6-19(25)22-21-10-12-27-15-18(21)14-24(16-21)20(26)8-7-17-9-11-23(2)13-17/h3-9,11,13,18H,10,12,14-16H2,1-2H3,(H,22,25)/b4-3+,6-5+,8-7+. The van der Waals surface area contributed by atoms with Crippen molar-refractivity contribution in [1.82, 2.24) is 14.8 Å². The van der Waals surface area contributed by atoms with Crippen LogP contribution in [0.4, 0.5) is 0 Å². The zero-order valence-electron chi connectivity index (χ0n) is 15.9. The van der Waals surface area contributed by atoms with Crippen molar-refractivity contribution in [1.29, 1.82) is 0 Å². The molecule has 0 bridgehead atoms. The van der Waals surface area contributed by atoms with E-state index in [0.717, 1.165) is 5.56 Å². The van der Waals surface area contributed by atoms with Gasteiger partial charge in [-0.25, -0.2) is 0 Å². The van der Waals surface area contributed by atoms with Crippen LogP contribution in [0.2, 0.25) is 0 Å². The Hall–Kier alpha value is -2.60. The zero-order valence-corrected chi connectivity index (χ0v) is 15.9. The predicted octanol–water partition coefficient (Wildman–Crippen LogP) is 1.90. The van der Waals surface area contributed by atoms with E-state index in [1.807, 2.05) is 60.1 Å². The van der Waals surface area contributed by atoms with E-state index in [0.29, 0.717) is 32.7 Å². The van der Waals surface area contributed by atoms with E-state index in [1.54, 1.807) is 12.2 Å². The minimum absolute atomic E-state index is 0.0358. The quantitative estimate of drug-likeness (QED) is 0.637. The van der Waals surface area contributed by atoms with Crippen molar-refractivity contribution < 1.29 is 14.3 Å². The molecule has 2 amide bonds. The summed E-state index contributed by atoms with van der Waals surface area (Å²) in [6.45, 7) is 4.17. The van der Waals surface area contributed by atoms with E-state index in [2.05, 4.69) is 5.32 Å². The lowest BCUT2D eigenvalue weighted by atomic mass is 9.83. The van der Waals surface area contributed by atoms with Crippen molar-refractivity contribution in [2.45, 2.75) is 18.9 Å². The second-order valence-corrected chi connectivity index (χ2v) is 7.21. The maximum absolute atomic E-state index is 12.7. The summed E-state index contributed by atoms with van der Waals surface area (Å²) in [4.78, 5) is 26.8. The van der Waals surface area contributed by atoms with Gasteiger partial charge in [0.2, 0.25) is 11.8 Å². The Labute approximate surface area is 160 Å². The number of ether oxygens (including phenoxy) is 1. The van der Waals surface area contributed by atoms with E-state index in [1.165, 1.54) is 6.08 Å². The molecule has 0 saturated carbocycles. The molecule has 2 fully saturated rings. The van der Waals surface area contributed by atoms with Crippen LogP contribution in [0.1, 0.15) is 18.9 Å². The highest BCUT2D eigenvalue weighted by Gasteiger charge is 2.50. The molecule has 2 aliphatic heterocycles. The maximum Gasteiger partial charge on any atom is 0.246 e. The number of aromatic nitrogens is 1. The molecule has 27 heavy (non-hydrogen) atoms. The van der Waals surface area contributed by atoms with E-state index in [4.69, 9.17) is 4.74 Å². The largest absolute Gasteiger partial charge is 0.381 e. The zero-order chi connectivity index (χ0) is 19.3. The van der Waals surface area contributed by atoms with Crippen molar-refractivity contribution in [2.75, 3.05) is 26.3 Å². The minimum atomic E-state index is -0.411. The third-order valence-electron chi connectivity index (χ3n) is 5.21. The number of fused-ring (bicyclic) bond motifs is 1. The third kappa shape index (κ3) is 4.57. The van der Waals surface area contributed by atoms with Crippen LogP contribution >= 0.6 is 0 Å². The van der Waals surface area contributed by atoms with Gasteiger partial charge in [-0.15, -0.1) is 0 Å². The smallest absolute Gasteiger partial charge is 0.246 e. The molecule has 6 heteroatoms. The molecule has 2 saturated heterocycles. The Morgan fingerprint density at radius 1 is 1.33 bits per heavy atom. The van der Waals surface area contributed by atoms with Crippen molar-refractivity contribution >= 4 is 17.9 Å². The average molecular weight is 369 g/mol. The van der Waals surface area contributed by atoms with E-state index in [-0.39, 0.29) is 17.7 Å². The predicted molar refractivity (Wildman–Crippen MR) is 105 cm³/mol. The van der Waals surface area contributed by atoms with Gasteiger partial charge >= 0.3 is 0 Å². The topological polar surface area (TPSA) is 63.6 Å². The van der Waals surface area contributed by atoms with Crippen molar-refractivity contribution in [2.24, 2.45) is 13.0 Å². The molecule has 2 unspecified atom stereocenters. The van der Waals surface area contributed by atoms with Crippen LogP contribution in [0.25, 0.3) is 6.08 Å². The van der Waals surface area contributed by atoms with Crippen LogP contribution in [0.3, 0.4) is 0 Å². The molecule has 6 nitrogen and oxygen atoms in total. The first-order chi connectivity index (χ1) is 13.0. The summed E-state index contributed by atoms with van der Waals surface area (Å²) in [6, 6.07) is 1.96. The molecule has 2 atom stereocenters. The van der Waals surface area contributed by atoms with E-state index >= 15 is 0 Å². The lowest BCUT2D eigenvalue weighted by Gasteiger charge is -2.38. The number of rotatable bonds is 5. The summed E-state index contributed by atoms with van der Waals surface area (Å²) >= 11 is 0. The van der Waals surface area contributed by atoms with Crippen LogP contribution < -0.4 is 5.32 Å². The Kier molecular flexibility index (Phi) is 5.96. The minimum Gasteiger partial charge on any atom is -0.381 e. The van der Waals surface area contributed by atoms with Gasteiger partial charge in [-0.3, -0.25) is 9.59 Å². The second kappa shape index (κ2) is 8.39. The molecule has 0 aromatic carbocycles. The fraction of sp³-hybridized carbons (Fsp3) is 0.429. The molecule has 1 aromatic heterocycles. The number of carbonyl (C=O) groups is 2. The highest BCUT2D eigenvalue weighted by atomic mass is 16.5. The van der Waals surface area contributed by atoms with Gasteiger partial charge in [-0.1, -0.05) is 18.2 Å². The number of nitrogens with zero attached hydrogens (tertiary/aromatic N) is 2. The summed E-state index contributed by atoms with van der Waals surface area (Å²) in [6.07, 6.45) is 15.0. The van der Waals surface area contributed by atoms with Crippen molar-refractivity contribution in [3.8, 4) is 0 Å². The Morgan fingerprint density at radius 3 is 2.93 bits per heavy atom. The molecular weight excluding hydrogens is 342 g/mol. The normalized spacial score (nSPS) is 25.6. The molecule has 2 aliphatic rings. The Morgan fingerprint density at radius 2 is 2.19 bits per heavy atom. The lowest BCUT2D eigenvalue weighted by molar-refractivity contribution is -0.126. The van der Waals surface area contributed by atoms with Crippen molar-refractivity contribution in [3.05, 3.63) is 54.4 Å². The average Bonchev–Trinajstić information content (AvgIpc) is 3.23. The molecular formula is C21H27N3O3. The van der Waals surface area contributed by atoms with Crippen LogP contribution in [-0.4, -0.2) is 53.1 Å². The summed E-state index contributed by atoms with van der Waals surface area (Å²) in [5, 5.41) is 3.15. The highest BCUT2D eigenvalue weighted by molar-refractivity contribution is 5.92. The van der Waals surface area contributed by atoms with E-state index in [9.17, 15) is 9.59 Å². The molecule has 1 aromatic rings. The number of allylic oxidation sites excluding steroid dienone is 3. The lowest BCUT2D eigenvalue weighted by Crippen LogP contribution is -2.57. The number of likely N-dealkylation sites (tertiary alicyclic amines) is 1. The molecule has 1 N–H and O–H groups in total. The number of nitrogens with one attached hydrogen (secondary N) is 1. The number of hydrogen-bond acceptors (Lipinski definition) is 3. The van der Waals surface area contributed by atoms with Crippen LogP contribution in [-0.2, 0) is 21.4 Å². The highest BCUT2D eigenvalue weighted by Crippen LogP contribution is 2.34. The first kappa shape index (κ1) is 19.2. The summed E-state index contributed by atoms with van der Waals surface area (Å²) < 4.78 is 7.55. The second-order valence-electron chi connectivity index (χ2n) is 7.21. The van der Waals surface area contributed by atoms with Crippen LogP contribution in [0.15, 0.2) is 48.8 Å². The molecule has 0 spiro atoms. The van der Waals surface area contributed by atoms with E-state index < -0.39 is 5.54 Å². The molecule has 3 heterocycles. The van der Waals surface area contributed by atoms with Gasteiger partial charge in [0.15, 0.2) is 0 Å². The SMILES string of the molecule is C/C=C/C=C/C(=O)NC12CCOCC1CN(C(=O)/C=C/c1ccn(C)c1)C2. The Bertz CT molecular complexity index is 777. The van der Waals surface area contributed by atoms with Gasteiger partial charge < -0.3 is 19.5 Å². The monoisotopic (exact) mass is 369 g/mol. The first-order valence-electron chi connectivity index (χ1n) is 9.30. The first-order valence-corrected chi connectivity index (χ1v) is 9.30. The van der Waals surface area contributed by atoms with Gasteiger partial charge in [0, 0.05) is 57.2 Å². The number of carbonyl (C=O) groups excluding carboxylic acids is 2. The number of hydrogen-bond donors (Lipinski definition) is 1. The fourth-order valence-corrected chi connectivity index (χ4v) is 3.76. The van der Waals surface area contributed by atoms with Gasteiger partial charge in [0.05, 0.1) is 12.1 Å². The molecule has 0 aliphatic carbocycles. The third-order valence-corrected chi connectivity index (χ3v) is 5.21. The summed E-state index contributed by atoms with van der Waals surface area (Å²) in [5.41, 5.74) is 0.578. The van der Waals surface area contributed by atoms with Crippen molar-refractivity contribution in [3.63, 3.8) is 0 Å². The van der Waals surface area contributed by atoms with Gasteiger partial charge in [-0.2, -0.15) is 0 Å². The van der Waals surface area contributed by atoms with Gasteiger partial charge in [-0.05, 0) is 31.1 Å². The fourth-order valence-electron chi connectivity index (χ4n) is 3.76. The number of aryl methyl sites for hydroxylation is 1. The maximum atomic E-state index is 12.7. The summed E-state index contributed by atoms with van der Waals surface area (Å²) in [7, 11) is 1.95. The van der Waals surface area contributed by atoms with Gasteiger partial charge in [0.1, 0.15) is 0 Å².